The summed E-state index contributed by atoms with van der Waals surface area (Å²) >= 11 is 12.1. The minimum atomic E-state index is -0.664. The molecule has 90 valence electrons. The van der Waals surface area contributed by atoms with Crippen LogP contribution in [0.2, 0.25) is 10.0 Å². The van der Waals surface area contributed by atoms with Gasteiger partial charge in [-0.05, 0) is 24.5 Å². The molecule has 1 rings (SSSR count). The molecule has 0 spiro atoms. The van der Waals surface area contributed by atoms with Crippen LogP contribution in [-0.2, 0) is 6.42 Å². The summed E-state index contributed by atoms with van der Waals surface area (Å²) in [7, 11) is 0. The predicted octanol–water partition coefficient (Wildman–Crippen LogP) is 4.48. The van der Waals surface area contributed by atoms with Gasteiger partial charge in [0.1, 0.15) is 0 Å². The zero-order chi connectivity index (χ0) is 12.2. The van der Waals surface area contributed by atoms with Gasteiger partial charge in [0.2, 0.25) is 0 Å². The summed E-state index contributed by atoms with van der Waals surface area (Å²) in [6.45, 7) is 4.06. The molecule has 1 atom stereocenters. The minimum absolute atomic E-state index is 0.550. The van der Waals surface area contributed by atoms with Gasteiger partial charge in [-0.1, -0.05) is 55.6 Å². The first-order valence-corrected chi connectivity index (χ1v) is 6.43. The van der Waals surface area contributed by atoms with E-state index < -0.39 is 5.60 Å². The molecule has 0 radical (unpaired) electrons. The summed E-state index contributed by atoms with van der Waals surface area (Å²) in [6, 6.07) is 5.55. The maximum Gasteiger partial charge on any atom is 0.0685 e. The Morgan fingerprint density at radius 1 is 1.25 bits per heavy atom. The lowest BCUT2D eigenvalue weighted by Gasteiger charge is -2.27. The van der Waals surface area contributed by atoms with Crippen molar-refractivity contribution >= 4 is 23.2 Å². The Morgan fingerprint density at radius 2 is 1.94 bits per heavy atom. The Hall–Kier alpha value is -0.240. The molecular weight excluding hydrogens is 243 g/mol. The second-order valence-electron chi connectivity index (χ2n) is 4.22. The molecule has 0 bridgehead atoms. The number of halogens is 2. The van der Waals surface area contributed by atoms with Crippen molar-refractivity contribution in [3.05, 3.63) is 33.8 Å². The third-order valence-electron chi connectivity index (χ3n) is 2.92. The molecule has 1 N–H and O–H groups in total. The van der Waals surface area contributed by atoms with Crippen molar-refractivity contribution in [3.8, 4) is 0 Å². The Balaban J connectivity index is 2.90. The highest BCUT2D eigenvalue weighted by Gasteiger charge is 2.25. The van der Waals surface area contributed by atoms with Gasteiger partial charge in [-0.3, -0.25) is 0 Å². The highest BCUT2D eigenvalue weighted by Crippen LogP contribution is 2.30. The van der Waals surface area contributed by atoms with Crippen molar-refractivity contribution in [2.24, 2.45) is 0 Å². The quantitative estimate of drug-likeness (QED) is 0.828. The van der Waals surface area contributed by atoms with Crippen LogP contribution in [0.4, 0.5) is 0 Å². The Kier molecular flexibility index (Phi) is 5.10. The smallest absolute Gasteiger partial charge is 0.0685 e. The van der Waals surface area contributed by atoms with E-state index >= 15 is 0 Å². The molecule has 1 aromatic carbocycles. The summed E-state index contributed by atoms with van der Waals surface area (Å²) in [4.78, 5) is 0. The lowest BCUT2D eigenvalue weighted by Crippen LogP contribution is -2.30. The Bertz CT molecular complexity index is 352. The highest BCUT2D eigenvalue weighted by atomic mass is 35.5. The van der Waals surface area contributed by atoms with E-state index in [1.165, 1.54) is 0 Å². The second kappa shape index (κ2) is 5.90. The Morgan fingerprint density at radius 3 is 2.50 bits per heavy atom. The third kappa shape index (κ3) is 3.38. The van der Waals surface area contributed by atoms with Gasteiger partial charge in [0.25, 0.3) is 0 Å². The van der Waals surface area contributed by atoms with Crippen LogP contribution in [0.3, 0.4) is 0 Å². The first-order chi connectivity index (χ1) is 7.52. The molecule has 0 saturated carbocycles. The van der Waals surface area contributed by atoms with Crippen LogP contribution in [-0.4, -0.2) is 10.7 Å². The summed E-state index contributed by atoms with van der Waals surface area (Å²) in [5, 5.41) is 11.5. The van der Waals surface area contributed by atoms with E-state index in [0.717, 1.165) is 24.8 Å². The number of hydrogen-bond donors (Lipinski definition) is 1. The topological polar surface area (TPSA) is 20.2 Å². The van der Waals surface area contributed by atoms with Crippen LogP contribution in [0.5, 0.6) is 0 Å². The molecule has 0 fully saturated rings. The second-order valence-corrected chi connectivity index (χ2v) is 5.00. The maximum atomic E-state index is 10.4. The van der Waals surface area contributed by atoms with Crippen molar-refractivity contribution in [2.45, 2.75) is 45.1 Å². The SMILES string of the molecule is CCCC(O)(CC)Cc1cccc(Cl)c1Cl. The predicted molar refractivity (Wildman–Crippen MR) is 70.3 cm³/mol. The molecule has 16 heavy (non-hydrogen) atoms. The van der Waals surface area contributed by atoms with Crippen molar-refractivity contribution in [1.82, 2.24) is 0 Å². The van der Waals surface area contributed by atoms with E-state index in [4.69, 9.17) is 23.2 Å². The van der Waals surface area contributed by atoms with Gasteiger partial charge in [0.15, 0.2) is 0 Å². The third-order valence-corrected chi connectivity index (χ3v) is 3.78. The lowest BCUT2D eigenvalue weighted by molar-refractivity contribution is 0.0271. The minimum Gasteiger partial charge on any atom is -0.390 e. The van der Waals surface area contributed by atoms with Crippen LogP contribution in [0.25, 0.3) is 0 Å². The molecular formula is C13H18Cl2O. The van der Waals surface area contributed by atoms with Crippen LogP contribution >= 0.6 is 23.2 Å². The average Bonchev–Trinajstić information content (AvgIpc) is 2.25. The van der Waals surface area contributed by atoms with Crippen LogP contribution in [0, 0.1) is 0 Å². The summed E-state index contributed by atoms with van der Waals surface area (Å²) in [5.41, 5.74) is 0.259. The first kappa shape index (κ1) is 13.8. The van der Waals surface area contributed by atoms with Gasteiger partial charge in [-0.15, -0.1) is 0 Å². The highest BCUT2D eigenvalue weighted by molar-refractivity contribution is 6.42. The largest absolute Gasteiger partial charge is 0.390 e. The molecule has 0 aromatic heterocycles. The first-order valence-electron chi connectivity index (χ1n) is 5.67. The number of rotatable bonds is 5. The summed E-state index contributed by atoms with van der Waals surface area (Å²) in [6.07, 6.45) is 3.04. The van der Waals surface area contributed by atoms with Gasteiger partial charge < -0.3 is 5.11 Å². The fraction of sp³-hybridized carbons (Fsp3) is 0.538. The van der Waals surface area contributed by atoms with Crippen molar-refractivity contribution < 1.29 is 5.11 Å². The molecule has 1 nitrogen and oxygen atoms in total. The maximum absolute atomic E-state index is 10.4. The molecule has 0 aliphatic heterocycles. The summed E-state index contributed by atoms with van der Waals surface area (Å²) in [5.74, 6) is 0. The Labute approximate surface area is 107 Å². The standard InChI is InChI=1S/C13H18Cl2O/c1-3-8-13(16,4-2)9-10-6-5-7-11(14)12(10)15/h5-7,16H,3-4,8-9H2,1-2H3. The molecule has 1 aromatic rings. The molecule has 3 heteroatoms. The fourth-order valence-electron chi connectivity index (χ4n) is 1.90. The lowest BCUT2D eigenvalue weighted by atomic mass is 9.88. The number of benzene rings is 1. The van der Waals surface area contributed by atoms with Crippen molar-refractivity contribution in [2.75, 3.05) is 0 Å². The van der Waals surface area contributed by atoms with Crippen LogP contribution < -0.4 is 0 Å². The van der Waals surface area contributed by atoms with E-state index in [0.29, 0.717) is 16.5 Å². The fourth-order valence-corrected chi connectivity index (χ4v) is 2.28. The van der Waals surface area contributed by atoms with E-state index in [9.17, 15) is 5.11 Å². The van der Waals surface area contributed by atoms with Crippen molar-refractivity contribution in [1.29, 1.82) is 0 Å². The number of hydrogen-bond acceptors (Lipinski definition) is 1. The van der Waals surface area contributed by atoms with Gasteiger partial charge in [-0.2, -0.15) is 0 Å². The molecule has 1 unspecified atom stereocenters. The van der Waals surface area contributed by atoms with Crippen molar-refractivity contribution in [3.63, 3.8) is 0 Å². The summed E-state index contributed by atoms with van der Waals surface area (Å²) < 4.78 is 0. The van der Waals surface area contributed by atoms with Crippen LogP contribution in [0.1, 0.15) is 38.7 Å². The molecule has 0 aliphatic rings. The monoisotopic (exact) mass is 260 g/mol. The molecule has 0 heterocycles. The van der Waals surface area contributed by atoms with Gasteiger partial charge in [0, 0.05) is 6.42 Å². The van der Waals surface area contributed by atoms with E-state index in [1.54, 1.807) is 6.07 Å². The zero-order valence-corrected chi connectivity index (χ0v) is 11.3. The van der Waals surface area contributed by atoms with Gasteiger partial charge in [0.05, 0.1) is 15.6 Å². The van der Waals surface area contributed by atoms with E-state index in [2.05, 4.69) is 6.92 Å². The van der Waals surface area contributed by atoms with Gasteiger partial charge in [-0.25, -0.2) is 0 Å². The van der Waals surface area contributed by atoms with E-state index in [1.807, 2.05) is 19.1 Å². The average molecular weight is 261 g/mol. The molecule has 0 saturated heterocycles. The van der Waals surface area contributed by atoms with Crippen LogP contribution in [0.15, 0.2) is 18.2 Å². The van der Waals surface area contributed by atoms with E-state index in [-0.39, 0.29) is 0 Å². The molecule has 0 amide bonds. The van der Waals surface area contributed by atoms with Gasteiger partial charge >= 0.3 is 0 Å². The zero-order valence-electron chi connectivity index (χ0n) is 9.76. The normalized spacial score (nSPS) is 14.8. The number of aliphatic hydroxyl groups is 1. The molecule has 0 aliphatic carbocycles.